The maximum atomic E-state index is 15.9. The summed E-state index contributed by atoms with van der Waals surface area (Å²) in [6.07, 6.45) is 14.6. The van der Waals surface area contributed by atoms with Crippen LogP contribution in [-0.4, -0.2) is 77.9 Å². The van der Waals surface area contributed by atoms with Crippen molar-refractivity contribution in [3.63, 3.8) is 0 Å². The average molecular weight is 1080 g/mol. The quantitative estimate of drug-likeness (QED) is 0.0687. The number of amides is 3. The van der Waals surface area contributed by atoms with Crippen LogP contribution in [-0.2, 0) is 16.0 Å². The van der Waals surface area contributed by atoms with Gasteiger partial charge in [0.15, 0.2) is 0 Å². The third-order valence-corrected chi connectivity index (χ3v) is 14.1. The number of nitrogens with two attached hydrogens (primary N) is 1. The third-order valence-electron chi connectivity index (χ3n) is 14.1. The van der Waals surface area contributed by atoms with Crippen molar-refractivity contribution in [2.45, 2.75) is 140 Å². The van der Waals surface area contributed by atoms with Gasteiger partial charge in [-0.1, -0.05) is 96.4 Å². The zero-order chi connectivity index (χ0) is 56.1. The van der Waals surface area contributed by atoms with Crippen LogP contribution in [0.1, 0.15) is 156 Å². The number of hydrogen-bond acceptors (Lipinski definition) is 8. The summed E-state index contributed by atoms with van der Waals surface area (Å²) in [6, 6.07) is 23.2. The first kappa shape index (κ1) is 70.0. The Morgan fingerprint density at radius 2 is 1.53 bits per heavy atom. The van der Waals surface area contributed by atoms with Gasteiger partial charge in [-0.3, -0.25) is 33.6 Å². The van der Waals surface area contributed by atoms with Crippen molar-refractivity contribution in [1.29, 1.82) is 0 Å². The molecule has 1 aliphatic heterocycles. The summed E-state index contributed by atoms with van der Waals surface area (Å²) >= 11 is 0. The number of carbonyl (C=O) groups excluding carboxylic acids is 3. The van der Waals surface area contributed by atoms with Gasteiger partial charge in [0.05, 0.1) is 5.69 Å². The van der Waals surface area contributed by atoms with Crippen LogP contribution in [0.5, 0.6) is 0 Å². The van der Waals surface area contributed by atoms with Gasteiger partial charge in [-0.05, 0) is 137 Å². The van der Waals surface area contributed by atoms with Crippen LogP contribution in [0.2, 0.25) is 0 Å². The monoisotopic (exact) mass is 1080 g/mol. The molecule has 0 saturated carbocycles. The molecule has 3 amide bonds. The fourth-order valence-electron chi connectivity index (χ4n) is 8.96. The summed E-state index contributed by atoms with van der Waals surface area (Å²) in [6.45, 7) is 29.0. The van der Waals surface area contributed by atoms with E-state index >= 15 is 4.39 Å². The van der Waals surface area contributed by atoms with Gasteiger partial charge in [-0.15, -0.1) is 0 Å². The summed E-state index contributed by atoms with van der Waals surface area (Å²) in [7, 11) is 5.35. The third kappa shape index (κ3) is 19.7. The number of nitrogens with zero attached hydrogens (tertiary/aromatic N) is 5. The van der Waals surface area contributed by atoms with Gasteiger partial charge < -0.3 is 33.3 Å². The van der Waals surface area contributed by atoms with Gasteiger partial charge in [0.2, 0.25) is 11.8 Å². The molecule has 3 aromatic carbocycles. The predicted molar refractivity (Wildman–Crippen MR) is 316 cm³/mol. The molecule has 6 rings (SSSR count). The minimum Gasteiger partial charge on any atom is -0.870 e. The van der Waals surface area contributed by atoms with Crippen molar-refractivity contribution in [3.8, 4) is 5.69 Å². The second-order valence-electron chi connectivity index (χ2n) is 19.3. The van der Waals surface area contributed by atoms with Crippen LogP contribution in [0.3, 0.4) is 0 Å². The van der Waals surface area contributed by atoms with Gasteiger partial charge in [-0.2, -0.15) is 6.42 Å². The molecule has 2 atom stereocenters. The van der Waals surface area contributed by atoms with Crippen molar-refractivity contribution in [1.82, 2.24) is 14.5 Å². The van der Waals surface area contributed by atoms with E-state index in [-0.39, 0.29) is 97.9 Å². The Hall–Kier alpha value is -5.06. The van der Waals surface area contributed by atoms with Crippen LogP contribution in [0.4, 0.5) is 21.5 Å². The van der Waals surface area contributed by atoms with Gasteiger partial charge in [0.1, 0.15) is 5.82 Å². The van der Waals surface area contributed by atoms with Crippen molar-refractivity contribution in [2.75, 3.05) is 49.3 Å². The van der Waals surface area contributed by atoms with E-state index in [0.717, 1.165) is 94.9 Å². The number of primary amides is 1. The van der Waals surface area contributed by atoms with Gasteiger partial charge >= 0.3 is 51.4 Å². The smallest absolute Gasteiger partial charge is 0.870 e. The molecule has 12 nitrogen and oxygen atoms in total. The first-order chi connectivity index (χ1) is 35.7. The zero-order valence-corrected chi connectivity index (χ0v) is 52.4. The number of nitrogens with one attached hydrogen (secondary N) is 1. The van der Waals surface area contributed by atoms with Crippen LogP contribution in [0.15, 0.2) is 102 Å². The molecule has 414 valence electrons. The van der Waals surface area contributed by atoms with Crippen LogP contribution in [0, 0.1) is 39.4 Å². The van der Waals surface area contributed by atoms with Crippen LogP contribution < -0.4 is 77.8 Å². The first-order valence-electron chi connectivity index (χ1n) is 26.8. The molecule has 14 heteroatoms. The zero-order valence-electron chi connectivity index (χ0n) is 49.3. The molecule has 0 spiro atoms. The maximum Gasteiger partial charge on any atom is 1.00 e. The molecule has 0 saturated heterocycles. The van der Waals surface area contributed by atoms with E-state index in [2.05, 4.69) is 99.2 Å². The minimum atomic E-state index is -0.365. The second kappa shape index (κ2) is 34.7. The van der Waals surface area contributed by atoms with Crippen LogP contribution >= 0.6 is 0 Å². The van der Waals surface area contributed by atoms with Crippen molar-refractivity contribution < 1.29 is 75.6 Å². The van der Waals surface area contributed by atoms with Crippen molar-refractivity contribution in [2.24, 2.45) is 11.7 Å². The molecule has 0 radical (unpaired) electrons. The molecule has 77 heavy (non-hydrogen) atoms. The van der Waals surface area contributed by atoms with E-state index in [4.69, 9.17) is 5.73 Å². The molecule has 2 unspecified atom stereocenters. The Kier molecular flexibility index (Phi) is 31.6. The number of aryl methyl sites for hydroxylation is 4. The standard InChI is InChI=1S/C44H54FN5O2.C12H17NO.C5H10NO.C2H6.K.H2O/c1-9-11-33(12-10-2)34-13-15-38(16-14-34)48(8)44(52)36-25-30(4)43(40(45)27-36)35-18-22-49(23-19-35)32(6)29(3)26-39-31(5)47-21-17-41(39)50-24-20-37(46-7)28-42(50)51;1-5-11-7-6-9(2)12(8-11)13(4)10(3)14;1-3-4(2)5(6)7;1-2;;/h13-18,20-21,24-28,32-33,46H,9-12,19,22-23H2,1-8H3;6-8H,5H2,1-4H3;4H,1,3H2,2H3,(H2,6,7);1-2H3;;1H2/q;;-1;;+1;/p-1/b29-26+;;;;;. The van der Waals surface area contributed by atoms with Gasteiger partial charge in [0.25, 0.3) is 11.5 Å². The Morgan fingerprint density at radius 3 is 2.03 bits per heavy atom. The summed E-state index contributed by atoms with van der Waals surface area (Å²) in [5.41, 5.74) is 17.4. The number of halogens is 1. The summed E-state index contributed by atoms with van der Waals surface area (Å²) in [5, 5.41) is 3.02. The fourth-order valence-corrected chi connectivity index (χ4v) is 8.96. The molecular formula is C63H88FKN7O5-. The normalized spacial score (nSPS) is 12.8. The Morgan fingerprint density at radius 1 is 0.896 bits per heavy atom. The van der Waals surface area contributed by atoms with E-state index in [1.807, 2.05) is 72.0 Å². The molecule has 2 aromatic heterocycles. The molecule has 1 aliphatic rings. The first-order valence-corrected chi connectivity index (χ1v) is 26.8. The van der Waals surface area contributed by atoms with E-state index < -0.39 is 0 Å². The molecule has 4 N–H and O–H groups in total. The topological polar surface area (TPSA) is 164 Å². The molecular weight excluding hydrogens is 993 g/mol. The van der Waals surface area contributed by atoms with Gasteiger partial charge in [-0.25, -0.2) is 4.39 Å². The van der Waals surface area contributed by atoms with Crippen molar-refractivity contribution >= 4 is 46.4 Å². The number of carbonyl (C=O) groups is 3. The van der Waals surface area contributed by atoms with E-state index in [1.54, 1.807) is 60.8 Å². The van der Waals surface area contributed by atoms with Crippen LogP contribution in [0.25, 0.3) is 17.3 Å². The van der Waals surface area contributed by atoms with E-state index in [1.165, 1.54) is 17.2 Å². The Bertz CT molecular complexity index is 2780. The largest absolute Gasteiger partial charge is 1.00 e. The van der Waals surface area contributed by atoms with E-state index in [9.17, 15) is 19.2 Å². The number of hydrogen-bond donors (Lipinski definition) is 2. The predicted octanol–water partition coefficient (Wildman–Crippen LogP) is 10.3. The second-order valence-corrected chi connectivity index (χ2v) is 19.3. The summed E-state index contributed by atoms with van der Waals surface area (Å²) in [5.74, 6) is -0.331. The maximum absolute atomic E-state index is 15.9. The number of rotatable bonds is 17. The SMILES string of the molecule is CC.CCCC(CCC)c1ccc(N(C)C(=O)c2cc(C)c(C3=CCN(C(C)/C(C)=C/c4c(-n5ccc(NC)cc5=O)ccnc4C)CC3)c(F)c2)cc1.CCc1ccc(C)c(N(C)C(C)=O)c1.[CH2-]CC(C)C(N)=O.[K+].[OH-]. The number of benzene rings is 3. The number of anilines is 3. The summed E-state index contributed by atoms with van der Waals surface area (Å²) in [4.78, 5) is 58.0. The summed E-state index contributed by atoms with van der Waals surface area (Å²) < 4.78 is 17.5. The minimum absolute atomic E-state index is 0. The molecule has 3 heterocycles. The Balaban J connectivity index is 0.000000986. The molecule has 0 aliphatic carbocycles. The number of pyridine rings is 2. The van der Waals surface area contributed by atoms with E-state index in [0.29, 0.717) is 36.4 Å². The average Bonchev–Trinajstić information content (AvgIpc) is 3.41. The molecule has 5 aromatic rings. The molecule has 0 fully saturated rings. The molecule has 0 bridgehead atoms. The Labute approximate surface area is 503 Å². The fraction of sp³-hybridized carbons (Fsp3) is 0.429. The van der Waals surface area contributed by atoms with Crippen molar-refractivity contribution in [3.05, 3.63) is 165 Å². The number of aromatic nitrogens is 2. The van der Waals surface area contributed by atoms with Gasteiger partial charge in [0, 0.05) is 111 Å².